The molecule has 4 rings (SSSR count). The van der Waals surface area contributed by atoms with Crippen LogP contribution in [0.15, 0.2) is 23.8 Å². The Morgan fingerprint density at radius 2 is 2.18 bits per heavy atom. The van der Waals surface area contributed by atoms with Crippen LogP contribution < -0.4 is 0 Å². The van der Waals surface area contributed by atoms with E-state index in [1.54, 1.807) is 0 Å². The van der Waals surface area contributed by atoms with E-state index in [9.17, 15) is 10.1 Å². The van der Waals surface area contributed by atoms with Gasteiger partial charge < -0.3 is 0 Å². The summed E-state index contributed by atoms with van der Waals surface area (Å²) in [5.74, 6) is 3.22. The summed E-state index contributed by atoms with van der Waals surface area (Å²) >= 11 is 0. The first-order valence-corrected chi connectivity index (χ1v) is 9.02. The number of carbonyl (C=O) groups excluding carboxylic acids is 1. The standard InChI is InChI=1S/C20H25NO/c1-2-20-10-9-17-16-7-5-15(22)11-13(16)3-6-18(17)19(20)8-4-14(20)12-21/h3,6,11,14,16-19H,2,4-5,7-10H2,1H3/t14-,16+,17-,18-,19+,20-/m1/s1. The normalized spacial score (nSPS) is 46.3. The molecule has 0 heterocycles. The van der Waals surface area contributed by atoms with Crippen molar-refractivity contribution in [3.63, 3.8) is 0 Å². The van der Waals surface area contributed by atoms with E-state index in [4.69, 9.17) is 0 Å². The lowest BCUT2D eigenvalue weighted by Gasteiger charge is -2.52. The van der Waals surface area contributed by atoms with Crippen LogP contribution in [0.3, 0.4) is 0 Å². The van der Waals surface area contributed by atoms with Crippen molar-refractivity contribution >= 4 is 5.78 Å². The number of allylic oxidation sites excluding steroid dienone is 4. The summed E-state index contributed by atoms with van der Waals surface area (Å²) in [6.07, 6.45) is 14.3. The van der Waals surface area contributed by atoms with Crippen LogP contribution in [0.5, 0.6) is 0 Å². The van der Waals surface area contributed by atoms with Crippen LogP contribution in [-0.2, 0) is 4.79 Å². The third-order valence-corrected chi connectivity index (χ3v) is 7.40. The summed E-state index contributed by atoms with van der Waals surface area (Å²) in [6.45, 7) is 2.29. The van der Waals surface area contributed by atoms with Gasteiger partial charge in [-0.15, -0.1) is 0 Å². The second-order valence-corrected chi connectivity index (χ2v) is 7.85. The number of rotatable bonds is 1. The van der Waals surface area contributed by atoms with Gasteiger partial charge in [0.25, 0.3) is 0 Å². The highest BCUT2D eigenvalue weighted by atomic mass is 16.1. The molecule has 116 valence electrons. The molecular formula is C20H25NO. The highest BCUT2D eigenvalue weighted by Crippen LogP contribution is 2.63. The summed E-state index contributed by atoms with van der Waals surface area (Å²) in [7, 11) is 0. The Kier molecular flexibility index (Phi) is 3.29. The summed E-state index contributed by atoms with van der Waals surface area (Å²) < 4.78 is 0. The SMILES string of the molecule is CC[C@]12CC[C@H]3[C@@H](C=CC4=CC(=O)CC[C@@H]43)[C@@H]1CC[C@@H]2C#N. The van der Waals surface area contributed by atoms with Crippen LogP contribution in [0.4, 0.5) is 0 Å². The molecule has 0 bridgehead atoms. The van der Waals surface area contributed by atoms with Crippen molar-refractivity contribution in [3.05, 3.63) is 23.8 Å². The fourth-order valence-electron chi connectivity index (χ4n) is 6.35. The van der Waals surface area contributed by atoms with Crippen molar-refractivity contribution < 1.29 is 4.79 Å². The number of fused-ring (bicyclic) bond motifs is 5. The second-order valence-electron chi connectivity index (χ2n) is 7.85. The van der Waals surface area contributed by atoms with Gasteiger partial charge in [0.15, 0.2) is 5.78 Å². The van der Waals surface area contributed by atoms with Crippen LogP contribution in [0.25, 0.3) is 0 Å². The molecule has 0 aromatic heterocycles. The van der Waals surface area contributed by atoms with Crippen LogP contribution >= 0.6 is 0 Å². The number of nitrogens with zero attached hydrogens (tertiary/aromatic N) is 1. The molecule has 6 atom stereocenters. The van der Waals surface area contributed by atoms with Gasteiger partial charge in [-0.1, -0.05) is 19.1 Å². The maximum atomic E-state index is 11.7. The van der Waals surface area contributed by atoms with Gasteiger partial charge in [-0.3, -0.25) is 4.79 Å². The van der Waals surface area contributed by atoms with Crippen LogP contribution in [-0.4, -0.2) is 5.78 Å². The molecular weight excluding hydrogens is 270 g/mol. The van der Waals surface area contributed by atoms with E-state index >= 15 is 0 Å². The monoisotopic (exact) mass is 295 g/mol. The minimum Gasteiger partial charge on any atom is -0.295 e. The molecule has 4 aliphatic rings. The quantitative estimate of drug-likeness (QED) is 0.718. The second kappa shape index (κ2) is 5.08. The topological polar surface area (TPSA) is 40.9 Å². The Morgan fingerprint density at radius 1 is 1.32 bits per heavy atom. The van der Waals surface area contributed by atoms with Gasteiger partial charge >= 0.3 is 0 Å². The van der Waals surface area contributed by atoms with E-state index in [2.05, 4.69) is 25.1 Å². The van der Waals surface area contributed by atoms with Crippen molar-refractivity contribution in [1.82, 2.24) is 0 Å². The molecule has 0 spiro atoms. The highest BCUT2D eigenvalue weighted by molar-refractivity contribution is 5.91. The van der Waals surface area contributed by atoms with Gasteiger partial charge in [0.2, 0.25) is 0 Å². The Bertz CT molecular complexity index is 595. The van der Waals surface area contributed by atoms with E-state index in [1.807, 2.05) is 6.08 Å². The predicted molar refractivity (Wildman–Crippen MR) is 85.7 cm³/mol. The maximum absolute atomic E-state index is 11.7. The Balaban J connectivity index is 1.70. The van der Waals surface area contributed by atoms with E-state index in [1.165, 1.54) is 24.8 Å². The van der Waals surface area contributed by atoms with E-state index in [-0.39, 0.29) is 11.3 Å². The number of hydrogen-bond donors (Lipinski definition) is 0. The van der Waals surface area contributed by atoms with Crippen molar-refractivity contribution in [3.8, 4) is 6.07 Å². The van der Waals surface area contributed by atoms with Crippen LogP contribution in [0.2, 0.25) is 0 Å². The van der Waals surface area contributed by atoms with Gasteiger partial charge in [0, 0.05) is 6.42 Å². The summed E-state index contributed by atoms with van der Waals surface area (Å²) in [4.78, 5) is 11.7. The molecule has 0 radical (unpaired) electrons. The molecule has 2 saturated carbocycles. The third-order valence-electron chi connectivity index (χ3n) is 7.40. The third kappa shape index (κ3) is 1.81. The minimum atomic E-state index is 0.265. The van der Waals surface area contributed by atoms with Gasteiger partial charge in [-0.05, 0) is 79.3 Å². The molecule has 22 heavy (non-hydrogen) atoms. The fraction of sp³-hybridized carbons (Fsp3) is 0.700. The lowest BCUT2D eigenvalue weighted by Crippen LogP contribution is -2.45. The molecule has 4 aliphatic carbocycles. The lowest BCUT2D eigenvalue weighted by molar-refractivity contribution is -0.115. The van der Waals surface area contributed by atoms with Gasteiger partial charge in [0.1, 0.15) is 0 Å². The van der Waals surface area contributed by atoms with Crippen LogP contribution in [0, 0.1) is 46.3 Å². The van der Waals surface area contributed by atoms with Crippen molar-refractivity contribution in [2.24, 2.45) is 35.0 Å². The minimum absolute atomic E-state index is 0.265. The predicted octanol–water partition coefficient (Wildman–Crippen LogP) is 4.43. The molecule has 0 aromatic carbocycles. The molecule has 0 unspecified atom stereocenters. The molecule has 0 N–H and O–H groups in total. The molecule has 2 fully saturated rings. The average Bonchev–Trinajstić information content (AvgIpc) is 2.93. The molecule has 0 aliphatic heterocycles. The Morgan fingerprint density at radius 3 is 2.95 bits per heavy atom. The maximum Gasteiger partial charge on any atom is 0.155 e. The zero-order valence-corrected chi connectivity index (χ0v) is 13.4. The van der Waals surface area contributed by atoms with Crippen molar-refractivity contribution in [1.29, 1.82) is 5.26 Å². The first kappa shape index (κ1) is 14.2. The molecule has 0 aromatic rings. The van der Waals surface area contributed by atoms with Gasteiger partial charge in [0.05, 0.1) is 12.0 Å². The Hall–Kier alpha value is -1.36. The average molecular weight is 295 g/mol. The highest BCUT2D eigenvalue weighted by Gasteiger charge is 2.56. The lowest BCUT2D eigenvalue weighted by atomic mass is 9.52. The van der Waals surface area contributed by atoms with Crippen LogP contribution in [0.1, 0.15) is 51.9 Å². The Labute approximate surface area is 133 Å². The summed E-state index contributed by atoms with van der Waals surface area (Å²) in [5.41, 5.74) is 1.56. The van der Waals surface area contributed by atoms with Crippen molar-refractivity contribution in [2.45, 2.75) is 51.9 Å². The smallest absolute Gasteiger partial charge is 0.155 e. The molecule has 2 heteroatoms. The van der Waals surface area contributed by atoms with E-state index < -0.39 is 0 Å². The number of carbonyl (C=O) groups is 1. The fourth-order valence-corrected chi connectivity index (χ4v) is 6.35. The first-order chi connectivity index (χ1) is 10.7. The summed E-state index contributed by atoms with van der Waals surface area (Å²) in [6, 6.07) is 2.63. The van der Waals surface area contributed by atoms with Gasteiger partial charge in [-0.25, -0.2) is 0 Å². The van der Waals surface area contributed by atoms with E-state index in [0.29, 0.717) is 29.5 Å². The molecule has 2 nitrogen and oxygen atoms in total. The number of hydrogen-bond acceptors (Lipinski definition) is 2. The molecule has 0 amide bonds. The largest absolute Gasteiger partial charge is 0.295 e. The zero-order chi connectivity index (χ0) is 15.3. The zero-order valence-electron chi connectivity index (χ0n) is 13.4. The first-order valence-electron chi connectivity index (χ1n) is 9.02. The van der Waals surface area contributed by atoms with Crippen molar-refractivity contribution in [2.75, 3.05) is 0 Å². The number of nitriles is 1. The van der Waals surface area contributed by atoms with Gasteiger partial charge in [-0.2, -0.15) is 5.26 Å². The van der Waals surface area contributed by atoms with E-state index in [0.717, 1.165) is 25.7 Å². The number of ketones is 1. The summed E-state index contributed by atoms with van der Waals surface area (Å²) in [5, 5.41) is 9.60. The molecule has 0 saturated heterocycles.